The fourth-order valence-corrected chi connectivity index (χ4v) is 2.27. The fourth-order valence-electron chi connectivity index (χ4n) is 2.27. The van der Waals surface area contributed by atoms with Crippen LogP contribution in [0.2, 0.25) is 0 Å². The summed E-state index contributed by atoms with van der Waals surface area (Å²) in [6, 6.07) is 0.0393. The molecule has 6 heteroatoms. The van der Waals surface area contributed by atoms with Crippen LogP contribution in [0, 0.1) is 5.92 Å². The maximum absolute atomic E-state index is 11.9. The van der Waals surface area contributed by atoms with E-state index in [-0.39, 0.29) is 6.03 Å². The van der Waals surface area contributed by atoms with Crippen LogP contribution < -0.4 is 5.32 Å². The Balaban J connectivity index is 1.71. The number of hydrogen-bond donors (Lipinski definition) is 1. The lowest BCUT2D eigenvalue weighted by atomic mass is 10.0. The molecule has 2 amide bonds. The normalized spacial score (nSPS) is 19.9. The molecule has 100 valence electrons. The van der Waals surface area contributed by atoms with E-state index < -0.39 is 0 Å². The van der Waals surface area contributed by atoms with Crippen molar-refractivity contribution in [3.05, 3.63) is 12.2 Å². The van der Waals surface area contributed by atoms with Crippen LogP contribution in [0.4, 0.5) is 4.79 Å². The van der Waals surface area contributed by atoms with E-state index in [0.29, 0.717) is 18.9 Å². The zero-order valence-electron chi connectivity index (χ0n) is 11.1. The van der Waals surface area contributed by atoms with Crippen LogP contribution in [0.15, 0.2) is 6.33 Å². The Kier molecular flexibility index (Phi) is 4.17. The summed E-state index contributed by atoms with van der Waals surface area (Å²) in [6.45, 7) is 4.52. The summed E-state index contributed by atoms with van der Waals surface area (Å²) in [6.07, 6.45) is 4.68. The molecule has 2 heterocycles. The van der Waals surface area contributed by atoms with Gasteiger partial charge in [-0.3, -0.25) is 4.68 Å². The summed E-state index contributed by atoms with van der Waals surface area (Å²) in [5.41, 5.74) is 0. The topological polar surface area (TPSA) is 63.1 Å². The third kappa shape index (κ3) is 3.45. The second kappa shape index (κ2) is 5.84. The lowest BCUT2D eigenvalue weighted by Gasteiger charge is -2.30. The number of piperidine rings is 1. The molecule has 1 aliphatic heterocycles. The molecule has 0 spiro atoms. The number of hydrogen-bond acceptors (Lipinski definition) is 3. The minimum atomic E-state index is 0.0393. The minimum absolute atomic E-state index is 0.0393. The highest BCUT2D eigenvalue weighted by atomic mass is 16.2. The first-order valence-electron chi connectivity index (χ1n) is 6.52. The van der Waals surface area contributed by atoms with Crippen molar-refractivity contribution in [2.24, 2.45) is 13.0 Å². The monoisotopic (exact) mass is 251 g/mol. The smallest absolute Gasteiger partial charge is 0.317 e. The molecule has 1 aromatic rings. The Labute approximate surface area is 107 Å². The number of rotatable bonds is 3. The molecule has 0 bridgehead atoms. The Morgan fingerprint density at radius 3 is 3.11 bits per heavy atom. The summed E-state index contributed by atoms with van der Waals surface area (Å²) in [5, 5.41) is 7.10. The lowest BCUT2D eigenvalue weighted by Crippen LogP contribution is -2.45. The van der Waals surface area contributed by atoms with E-state index in [1.807, 2.05) is 11.9 Å². The first kappa shape index (κ1) is 12.9. The number of nitrogens with zero attached hydrogens (tertiary/aromatic N) is 4. The summed E-state index contributed by atoms with van der Waals surface area (Å²) >= 11 is 0. The number of aryl methyl sites for hydroxylation is 1. The molecule has 0 saturated carbocycles. The van der Waals surface area contributed by atoms with Crippen LogP contribution in [-0.4, -0.2) is 45.3 Å². The first-order valence-corrected chi connectivity index (χ1v) is 6.52. The Hall–Kier alpha value is -1.59. The SMILES string of the molecule is CC1CCCN(C(=O)NCCc2ncn(C)n2)C1. The predicted molar refractivity (Wildman–Crippen MR) is 68.1 cm³/mol. The number of likely N-dealkylation sites (tertiary alicyclic amines) is 1. The van der Waals surface area contributed by atoms with Gasteiger partial charge in [0.15, 0.2) is 5.82 Å². The van der Waals surface area contributed by atoms with Crippen molar-refractivity contribution in [3.63, 3.8) is 0 Å². The van der Waals surface area contributed by atoms with Crippen molar-refractivity contribution in [3.8, 4) is 0 Å². The molecule has 0 aliphatic carbocycles. The fraction of sp³-hybridized carbons (Fsp3) is 0.750. The van der Waals surface area contributed by atoms with Crippen LogP contribution in [0.5, 0.6) is 0 Å². The van der Waals surface area contributed by atoms with E-state index >= 15 is 0 Å². The molecule has 1 aromatic heterocycles. The van der Waals surface area contributed by atoms with Crippen molar-refractivity contribution in [2.75, 3.05) is 19.6 Å². The van der Waals surface area contributed by atoms with Crippen molar-refractivity contribution < 1.29 is 4.79 Å². The van der Waals surface area contributed by atoms with Gasteiger partial charge in [-0.25, -0.2) is 9.78 Å². The minimum Gasteiger partial charge on any atom is -0.338 e. The van der Waals surface area contributed by atoms with Gasteiger partial charge in [0, 0.05) is 33.1 Å². The number of carbonyl (C=O) groups is 1. The number of aromatic nitrogens is 3. The highest BCUT2D eigenvalue weighted by Gasteiger charge is 2.20. The van der Waals surface area contributed by atoms with Crippen molar-refractivity contribution >= 4 is 6.03 Å². The van der Waals surface area contributed by atoms with Gasteiger partial charge in [0.1, 0.15) is 6.33 Å². The molecule has 1 aliphatic rings. The van der Waals surface area contributed by atoms with Crippen LogP contribution >= 0.6 is 0 Å². The van der Waals surface area contributed by atoms with E-state index in [1.54, 1.807) is 11.0 Å². The zero-order valence-corrected chi connectivity index (χ0v) is 11.1. The van der Waals surface area contributed by atoms with Gasteiger partial charge >= 0.3 is 6.03 Å². The van der Waals surface area contributed by atoms with Crippen LogP contribution in [0.3, 0.4) is 0 Å². The molecule has 6 nitrogen and oxygen atoms in total. The van der Waals surface area contributed by atoms with Gasteiger partial charge in [-0.05, 0) is 18.8 Å². The van der Waals surface area contributed by atoms with E-state index in [9.17, 15) is 4.79 Å². The predicted octanol–water partition coefficient (Wildman–Crippen LogP) is 0.799. The van der Waals surface area contributed by atoms with Crippen LogP contribution in [-0.2, 0) is 13.5 Å². The molecule has 2 rings (SSSR count). The second-order valence-electron chi connectivity index (χ2n) is 5.01. The molecule has 1 unspecified atom stereocenters. The van der Waals surface area contributed by atoms with Gasteiger partial charge in [-0.15, -0.1) is 0 Å². The molecule has 0 radical (unpaired) electrons. The zero-order chi connectivity index (χ0) is 13.0. The number of urea groups is 1. The quantitative estimate of drug-likeness (QED) is 0.864. The van der Waals surface area contributed by atoms with Crippen molar-refractivity contribution in [1.82, 2.24) is 25.0 Å². The second-order valence-corrected chi connectivity index (χ2v) is 5.01. The van der Waals surface area contributed by atoms with Gasteiger partial charge < -0.3 is 10.2 Å². The van der Waals surface area contributed by atoms with Gasteiger partial charge in [-0.2, -0.15) is 5.10 Å². The lowest BCUT2D eigenvalue weighted by molar-refractivity contribution is 0.170. The number of carbonyl (C=O) groups excluding carboxylic acids is 1. The summed E-state index contributed by atoms with van der Waals surface area (Å²) in [5.74, 6) is 1.38. The van der Waals surface area contributed by atoms with E-state index in [4.69, 9.17) is 0 Å². The molecule has 0 aromatic carbocycles. The van der Waals surface area contributed by atoms with Gasteiger partial charge in [0.2, 0.25) is 0 Å². The standard InChI is InChI=1S/C12H21N5O/c1-10-4-3-7-17(8-10)12(18)13-6-5-11-14-9-16(2)15-11/h9-10H,3-8H2,1-2H3,(H,13,18). The summed E-state index contributed by atoms with van der Waals surface area (Å²) in [4.78, 5) is 17.9. The highest BCUT2D eigenvalue weighted by Crippen LogP contribution is 2.15. The molecule has 1 fully saturated rings. The molecular formula is C12H21N5O. The third-order valence-electron chi connectivity index (χ3n) is 3.22. The Morgan fingerprint density at radius 1 is 1.61 bits per heavy atom. The van der Waals surface area contributed by atoms with E-state index in [0.717, 1.165) is 25.3 Å². The molecule has 1 N–H and O–H groups in total. The third-order valence-corrected chi connectivity index (χ3v) is 3.22. The number of nitrogens with one attached hydrogen (secondary N) is 1. The Bertz CT molecular complexity index is 403. The van der Waals surface area contributed by atoms with Crippen LogP contribution in [0.1, 0.15) is 25.6 Å². The highest BCUT2D eigenvalue weighted by molar-refractivity contribution is 5.74. The first-order chi connectivity index (χ1) is 8.65. The molecule has 1 saturated heterocycles. The van der Waals surface area contributed by atoms with Gasteiger partial charge in [-0.1, -0.05) is 6.92 Å². The maximum Gasteiger partial charge on any atom is 0.317 e. The van der Waals surface area contributed by atoms with Crippen molar-refractivity contribution in [2.45, 2.75) is 26.2 Å². The van der Waals surface area contributed by atoms with Crippen LogP contribution in [0.25, 0.3) is 0 Å². The number of amides is 2. The average Bonchev–Trinajstić information content (AvgIpc) is 2.75. The summed E-state index contributed by atoms with van der Waals surface area (Å²) in [7, 11) is 1.84. The molecule has 1 atom stereocenters. The Morgan fingerprint density at radius 2 is 2.44 bits per heavy atom. The van der Waals surface area contributed by atoms with Crippen molar-refractivity contribution in [1.29, 1.82) is 0 Å². The largest absolute Gasteiger partial charge is 0.338 e. The average molecular weight is 251 g/mol. The summed E-state index contributed by atoms with van der Waals surface area (Å²) < 4.78 is 1.67. The molecule has 18 heavy (non-hydrogen) atoms. The maximum atomic E-state index is 11.9. The molecular weight excluding hydrogens is 230 g/mol. The van der Waals surface area contributed by atoms with E-state index in [2.05, 4.69) is 22.3 Å². The van der Waals surface area contributed by atoms with E-state index in [1.165, 1.54) is 6.42 Å². The van der Waals surface area contributed by atoms with Gasteiger partial charge in [0.05, 0.1) is 0 Å². The van der Waals surface area contributed by atoms with Gasteiger partial charge in [0.25, 0.3) is 0 Å².